The first-order valence-electron chi connectivity index (χ1n) is 3.35. The Hall–Kier alpha value is -1.72. The van der Waals surface area contributed by atoms with Crippen LogP contribution in [0, 0.1) is 0 Å². The predicted molar refractivity (Wildman–Crippen MR) is 38.6 cm³/mol. The van der Waals surface area contributed by atoms with Crippen LogP contribution in [0.2, 0.25) is 0 Å². The second kappa shape index (κ2) is 3.12. The number of aromatic nitrogens is 2. The average Bonchev–Trinajstić information content (AvgIpc) is 2.30. The smallest absolute Gasteiger partial charge is 0.361 e. The molecule has 0 aliphatic carbocycles. The third kappa shape index (κ3) is 1.66. The second-order valence-electron chi connectivity index (χ2n) is 2.09. The highest BCUT2D eigenvalue weighted by Gasteiger charge is 2.05. The molecule has 2 N–H and O–H groups in total. The number of imidazole rings is 1. The molecule has 66 valence electrons. The van der Waals surface area contributed by atoms with Crippen LogP contribution in [0.25, 0.3) is 0 Å². The summed E-state index contributed by atoms with van der Waals surface area (Å²) >= 11 is 0. The fourth-order valence-corrected chi connectivity index (χ4v) is 0.609. The molecule has 0 spiro atoms. The number of H-pyrrole nitrogens is 1. The van der Waals surface area contributed by atoms with E-state index in [0.29, 0.717) is 4.73 Å². The van der Waals surface area contributed by atoms with Gasteiger partial charge in [-0.15, -0.1) is 4.73 Å². The van der Waals surface area contributed by atoms with Gasteiger partial charge in [-0.05, 0) is 0 Å². The highest BCUT2D eigenvalue weighted by Crippen LogP contribution is 1.95. The van der Waals surface area contributed by atoms with Crippen molar-refractivity contribution in [2.75, 3.05) is 0 Å². The molecule has 0 amide bonds. The SMILES string of the molecule is CCC(=O)On1cc(O)[nH]c1=O. The quantitative estimate of drug-likeness (QED) is 0.614. The molecule has 1 heterocycles. The third-order valence-corrected chi connectivity index (χ3v) is 1.16. The van der Waals surface area contributed by atoms with E-state index in [2.05, 4.69) is 4.84 Å². The summed E-state index contributed by atoms with van der Waals surface area (Å²) in [5, 5.41) is 8.75. The van der Waals surface area contributed by atoms with Crippen molar-refractivity contribution in [3.05, 3.63) is 16.7 Å². The summed E-state index contributed by atoms with van der Waals surface area (Å²) in [7, 11) is 0. The largest absolute Gasteiger partial charge is 0.493 e. The number of nitrogens with one attached hydrogen (secondary N) is 1. The number of nitrogens with zero attached hydrogens (tertiary/aromatic N) is 1. The zero-order valence-electron chi connectivity index (χ0n) is 6.40. The van der Waals surface area contributed by atoms with Crippen LogP contribution in [0.5, 0.6) is 5.88 Å². The van der Waals surface area contributed by atoms with E-state index >= 15 is 0 Å². The van der Waals surface area contributed by atoms with Gasteiger partial charge in [0.2, 0.25) is 5.88 Å². The highest BCUT2D eigenvalue weighted by atomic mass is 16.7. The van der Waals surface area contributed by atoms with Crippen LogP contribution in [0.1, 0.15) is 13.3 Å². The first kappa shape index (κ1) is 8.38. The summed E-state index contributed by atoms with van der Waals surface area (Å²) < 4.78 is 0.640. The minimum atomic E-state index is -0.686. The summed E-state index contributed by atoms with van der Waals surface area (Å²) in [5.74, 6) is -0.889. The molecule has 0 aliphatic rings. The Kier molecular flexibility index (Phi) is 2.18. The predicted octanol–water partition coefficient (Wildman–Crippen LogP) is -0.753. The molecule has 12 heavy (non-hydrogen) atoms. The molecule has 6 heteroatoms. The highest BCUT2D eigenvalue weighted by molar-refractivity contribution is 5.69. The average molecular weight is 172 g/mol. The molecule has 0 unspecified atom stereocenters. The summed E-state index contributed by atoms with van der Waals surface area (Å²) in [6.45, 7) is 1.60. The van der Waals surface area contributed by atoms with Gasteiger partial charge in [0, 0.05) is 6.42 Å². The standard InChI is InChI=1S/C6H8N2O4/c1-2-5(10)12-8-3-4(9)7-6(8)11/h3,9H,2H2,1H3,(H,7,11). The van der Waals surface area contributed by atoms with E-state index in [1.165, 1.54) is 0 Å². The molecule has 0 aromatic carbocycles. The van der Waals surface area contributed by atoms with E-state index in [0.717, 1.165) is 6.20 Å². The zero-order valence-corrected chi connectivity index (χ0v) is 6.40. The third-order valence-electron chi connectivity index (χ3n) is 1.16. The summed E-state index contributed by atoms with van der Waals surface area (Å²) in [6.07, 6.45) is 1.15. The first-order valence-corrected chi connectivity index (χ1v) is 3.35. The van der Waals surface area contributed by atoms with Crippen molar-refractivity contribution in [2.24, 2.45) is 0 Å². The van der Waals surface area contributed by atoms with Crippen molar-refractivity contribution in [1.82, 2.24) is 9.71 Å². The van der Waals surface area contributed by atoms with E-state index in [4.69, 9.17) is 5.11 Å². The van der Waals surface area contributed by atoms with Crippen molar-refractivity contribution in [1.29, 1.82) is 0 Å². The van der Waals surface area contributed by atoms with Crippen LogP contribution in [-0.2, 0) is 4.79 Å². The van der Waals surface area contributed by atoms with Crippen LogP contribution in [-0.4, -0.2) is 20.8 Å². The first-order chi connectivity index (χ1) is 5.63. The molecule has 0 aliphatic heterocycles. The molecule has 0 fully saturated rings. The van der Waals surface area contributed by atoms with E-state index in [9.17, 15) is 9.59 Å². The van der Waals surface area contributed by atoms with E-state index < -0.39 is 11.7 Å². The molecule has 6 nitrogen and oxygen atoms in total. The van der Waals surface area contributed by atoms with E-state index in [1.54, 1.807) is 6.92 Å². The van der Waals surface area contributed by atoms with Gasteiger partial charge in [-0.1, -0.05) is 6.92 Å². The van der Waals surface area contributed by atoms with Crippen LogP contribution < -0.4 is 10.5 Å². The Morgan fingerprint density at radius 3 is 2.92 bits per heavy atom. The van der Waals surface area contributed by atoms with Crippen molar-refractivity contribution < 1.29 is 14.7 Å². The van der Waals surface area contributed by atoms with Crippen LogP contribution in [0.15, 0.2) is 11.0 Å². The molecule has 0 saturated carbocycles. The minimum absolute atomic E-state index is 0.165. The molecular formula is C6H8N2O4. The molecule has 0 atom stereocenters. The summed E-state index contributed by atoms with van der Waals surface area (Å²) in [4.78, 5) is 27.9. The van der Waals surface area contributed by atoms with Crippen molar-refractivity contribution in [3.63, 3.8) is 0 Å². The number of hydrogen-bond acceptors (Lipinski definition) is 4. The Labute approximate surface area is 67.3 Å². The maximum Gasteiger partial charge on any atom is 0.361 e. The lowest BCUT2D eigenvalue weighted by Crippen LogP contribution is -2.27. The van der Waals surface area contributed by atoms with Gasteiger partial charge in [0.05, 0.1) is 0 Å². The lowest BCUT2D eigenvalue weighted by atomic mass is 10.5. The lowest BCUT2D eigenvalue weighted by molar-refractivity contribution is -0.144. The molecule has 1 aromatic rings. The molecule has 0 bridgehead atoms. The van der Waals surface area contributed by atoms with Gasteiger partial charge >= 0.3 is 11.7 Å². The normalized spacial score (nSPS) is 9.75. The molecular weight excluding hydrogens is 164 g/mol. The number of rotatable bonds is 2. The Bertz CT molecular complexity index is 338. The van der Waals surface area contributed by atoms with Gasteiger partial charge in [0.15, 0.2) is 0 Å². The van der Waals surface area contributed by atoms with E-state index in [-0.39, 0.29) is 12.3 Å². The number of aromatic amines is 1. The fourth-order valence-electron chi connectivity index (χ4n) is 0.609. The molecule has 1 aromatic heterocycles. The molecule has 0 radical (unpaired) electrons. The van der Waals surface area contributed by atoms with Gasteiger partial charge in [-0.3, -0.25) is 4.98 Å². The lowest BCUT2D eigenvalue weighted by Gasteiger charge is -1.97. The maximum atomic E-state index is 10.8. The topological polar surface area (TPSA) is 84.3 Å². The number of aromatic hydroxyl groups is 1. The zero-order chi connectivity index (χ0) is 9.14. The van der Waals surface area contributed by atoms with Crippen LogP contribution >= 0.6 is 0 Å². The van der Waals surface area contributed by atoms with Crippen LogP contribution in [0.3, 0.4) is 0 Å². The maximum absolute atomic E-state index is 10.8. The summed E-state index contributed by atoms with van der Waals surface area (Å²) in [6, 6.07) is 0. The molecule has 0 saturated heterocycles. The summed E-state index contributed by atoms with van der Waals surface area (Å²) in [5.41, 5.74) is -0.686. The number of carbonyl (C=O) groups excluding carboxylic acids is 1. The van der Waals surface area contributed by atoms with Crippen LogP contribution in [0.4, 0.5) is 0 Å². The Morgan fingerprint density at radius 2 is 2.50 bits per heavy atom. The van der Waals surface area contributed by atoms with Gasteiger partial charge in [-0.2, -0.15) is 0 Å². The Balaban J connectivity index is 2.82. The number of carbonyl (C=O) groups is 1. The van der Waals surface area contributed by atoms with Gasteiger partial charge in [0.1, 0.15) is 6.20 Å². The van der Waals surface area contributed by atoms with Gasteiger partial charge in [0.25, 0.3) is 0 Å². The molecule has 1 rings (SSSR count). The van der Waals surface area contributed by atoms with Crippen molar-refractivity contribution in [3.8, 4) is 5.88 Å². The van der Waals surface area contributed by atoms with Gasteiger partial charge < -0.3 is 9.94 Å². The van der Waals surface area contributed by atoms with Crippen molar-refractivity contribution >= 4 is 5.97 Å². The van der Waals surface area contributed by atoms with Gasteiger partial charge in [-0.25, -0.2) is 9.59 Å². The van der Waals surface area contributed by atoms with Crippen molar-refractivity contribution in [2.45, 2.75) is 13.3 Å². The Morgan fingerprint density at radius 1 is 1.83 bits per heavy atom. The fraction of sp³-hybridized carbons (Fsp3) is 0.333. The van der Waals surface area contributed by atoms with E-state index in [1.807, 2.05) is 4.98 Å². The minimum Gasteiger partial charge on any atom is -0.493 e. The number of hydrogen-bond donors (Lipinski definition) is 2. The monoisotopic (exact) mass is 172 g/mol. The second-order valence-corrected chi connectivity index (χ2v) is 2.09.